The highest BCUT2D eigenvalue weighted by molar-refractivity contribution is 5.98. The summed E-state index contributed by atoms with van der Waals surface area (Å²) < 4.78 is 0. The summed E-state index contributed by atoms with van der Waals surface area (Å²) in [6.45, 7) is 0. The van der Waals surface area contributed by atoms with Gasteiger partial charge in [-0.05, 0) is 24.3 Å². The van der Waals surface area contributed by atoms with Crippen LogP contribution in [0.5, 0.6) is 0 Å². The van der Waals surface area contributed by atoms with E-state index in [1.54, 1.807) is 0 Å². The molecule has 0 atom stereocenters. The van der Waals surface area contributed by atoms with E-state index >= 15 is 0 Å². The molecule has 0 aromatic carbocycles. The Hall–Kier alpha value is -0.850. The van der Waals surface area contributed by atoms with E-state index in [-0.39, 0.29) is 0 Å². The summed E-state index contributed by atoms with van der Waals surface area (Å²) in [5.74, 6) is 0.931. The quantitative estimate of drug-likeness (QED) is 0.600. The van der Waals surface area contributed by atoms with E-state index in [4.69, 9.17) is 0 Å². The van der Waals surface area contributed by atoms with Crippen LogP contribution in [0, 0.1) is 5.92 Å². The molecule has 0 N–H and O–H groups in total. The van der Waals surface area contributed by atoms with Crippen molar-refractivity contribution in [2.75, 3.05) is 0 Å². The van der Waals surface area contributed by atoms with Crippen molar-refractivity contribution < 1.29 is 4.79 Å². The van der Waals surface area contributed by atoms with Crippen LogP contribution in [0.15, 0.2) is 23.8 Å². The highest BCUT2D eigenvalue weighted by Crippen LogP contribution is 2.31. The summed E-state index contributed by atoms with van der Waals surface area (Å²) in [6, 6.07) is 0. The number of Topliss-reactive ketones (excluding diaryl/α,β-unsaturated/α-hetero) is 1. The average molecular weight is 176 g/mol. The average Bonchev–Trinajstić information content (AvgIpc) is 2.20. The molecule has 0 amide bonds. The van der Waals surface area contributed by atoms with E-state index in [0.717, 1.165) is 5.57 Å². The zero-order chi connectivity index (χ0) is 9.10. The van der Waals surface area contributed by atoms with E-state index in [2.05, 4.69) is 0 Å². The summed E-state index contributed by atoms with van der Waals surface area (Å²) in [6.07, 6.45) is 13.1. The minimum atomic E-state index is 0.356. The number of ketones is 1. The molecule has 13 heavy (non-hydrogen) atoms. The predicted molar refractivity (Wildman–Crippen MR) is 53.4 cm³/mol. The third-order valence-corrected chi connectivity index (χ3v) is 3.08. The molecule has 0 heterocycles. The van der Waals surface area contributed by atoms with E-state index in [9.17, 15) is 4.79 Å². The lowest BCUT2D eigenvalue weighted by molar-refractivity contribution is -0.115. The third kappa shape index (κ3) is 1.90. The largest absolute Gasteiger partial charge is 0.294 e. The number of hydrogen-bond acceptors (Lipinski definition) is 1. The molecule has 1 fully saturated rings. The lowest BCUT2D eigenvalue weighted by Gasteiger charge is -2.24. The molecule has 1 nitrogen and oxygen atoms in total. The fraction of sp³-hybridized carbons (Fsp3) is 0.583. The van der Waals surface area contributed by atoms with Crippen LogP contribution in [0.4, 0.5) is 0 Å². The SMILES string of the molecule is O=C1CC=CC=C1C1CCCCC1. The van der Waals surface area contributed by atoms with E-state index in [0.29, 0.717) is 18.1 Å². The van der Waals surface area contributed by atoms with Crippen molar-refractivity contribution in [1.82, 2.24) is 0 Å². The number of rotatable bonds is 1. The molecule has 0 saturated heterocycles. The van der Waals surface area contributed by atoms with Crippen LogP contribution in [0.2, 0.25) is 0 Å². The van der Waals surface area contributed by atoms with Crippen LogP contribution in [-0.4, -0.2) is 5.78 Å². The molecule has 2 aliphatic rings. The summed E-state index contributed by atoms with van der Waals surface area (Å²) in [5.41, 5.74) is 1.10. The maximum Gasteiger partial charge on any atom is 0.162 e. The van der Waals surface area contributed by atoms with Crippen LogP contribution in [0.1, 0.15) is 38.5 Å². The van der Waals surface area contributed by atoms with Gasteiger partial charge in [-0.2, -0.15) is 0 Å². The fourth-order valence-electron chi connectivity index (χ4n) is 2.33. The van der Waals surface area contributed by atoms with Gasteiger partial charge in [-0.1, -0.05) is 37.5 Å². The molecule has 0 aromatic heterocycles. The van der Waals surface area contributed by atoms with Crippen molar-refractivity contribution in [2.24, 2.45) is 5.92 Å². The Kier molecular flexibility index (Phi) is 2.62. The van der Waals surface area contributed by atoms with Crippen molar-refractivity contribution in [2.45, 2.75) is 38.5 Å². The molecule has 0 aliphatic heterocycles. The zero-order valence-corrected chi connectivity index (χ0v) is 7.96. The van der Waals surface area contributed by atoms with Crippen LogP contribution >= 0.6 is 0 Å². The summed E-state index contributed by atoms with van der Waals surface area (Å²) in [7, 11) is 0. The molecular formula is C12H16O. The van der Waals surface area contributed by atoms with E-state index < -0.39 is 0 Å². The molecule has 1 heteroatoms. The molecule has 0 aromatic rings. The predicted octanol–water partition coefficient (Wildman–Crippen LogP) is 3.02. The van der Waals surface area contributed by atoms with E-state index in [1.807, 2.05) is 18.2 Å². The van der Waals surface area contributed by atoms with E-state index in [1.165, 1.54) is 32.1 Å². The first-order valence-corrected chi connectivity index (χ1v) is 5.28. The third-order valence-electron chi connectivity index (χ3n) is 3.08. The number of carbonyl (C=O) groups is 1. The second-order valence-corrected chi connectivity index (χ2v) is 4.01. The molecule has 0 spiro atoms. The Morgan fingerprint density at radius 1 is 1.15 bits per heavy atom. The minimum Gasteiger partial charge on any atom is -0.294 e. The number of hydrogen-bond donors (Lipinski definition) is 0. The Morgan fingerprint density at radius 3 is 2.62 bits per heavy atom. The molecule has 2 rings (SSSR count). The Morgan fingerprint density at radius 2 is 1.92 bits per heavy atom. The van der Waals surface area contributed by atoms with Gasteiger partial charge >= 0.3 is 0 Å². The Bertz CT molecular complexity index is 254. The highest BCUT2D eigenvalue weighted by atomic mass is 16.1. The van der Waals surface area contributed by atoms with Gasteiger partial charge in [-0.25, -0.2) is 0 Å². The lowest BCUT2D eigenvalue weighted by atomic mass is 9.80. The van der Waals surface area contributed by atoms with Gasteiger partial charge in [0, 0.05) is 6.42 Å². The van der Waals surface area contributed by atoms with Gasteiger partial charge in [-0.3, -0.25) is 4.79 Å². The second kappa shape index (κ2) is 3.91. The van der Waals surface area contributed by atoms with Gasteiger partial charge in [0.1, 0.15) is 0 Å². The van der Waals surface area contributed by atoms with Gasteiger partial charge < -0.3 is 0 Å². The van der Waals surface area contributed by atoms with Gasteiger partial charge in [0.25, 0.3) is 0 Å². The second-order valence-electron chi connectivity index (χ2n) is 4.01. The Labute approximate surface area is 79.5 Å². The van der Waals surface area contributed by atoms with Crippen LogP contribution in [0.25, 0.3) is 0 Å². The zero-order valence-electron chi connectivity index (χ0n) is 7.96. The van der Waals surface area contributed by atoms with Crippen LogP contribution in [0.3, 0.4) is 0 Å². The summed E-state index contributed by atoms with van der Waals surface area (Å²) >= 11 is 0. The number of carbonyl (C=O) groups excluding carboxylic acids is 1. The molecule has 1 saturated carbocycles. The molecule has 0 unspecified atom stereocenters. The van der Waals surface area contributed by atoms with Gasteiger partial charge in [0.15, 0.2) is 5.78 Å². The molecule has 0 bridgehead atoms. The van der Waals surface area contributed by atoms with Gasteiger partial charge in [-0.15, -0.1) is 0 Å². The first-order valence-electron chi connectivity index (χ1n) is 5.28. The molecule has 2 aliphatic carbocycles. The highest BCUT2D eigenvalue weighted by Gasteiger charge is 2.22. The van der Waals surface area contributed by atoms with Crippen LogP contribution in [-0.2, 0) is 4.79 Å². The Balaban J connectivity index is 2.09. The molecule has 0 radical (unpaired) electrons. The topological polar surface area (TPSA) is 17.1 Å². The van der Waals surface area contributed by atoms with Crippen molar-refractivity contribution in [3.63, 3.8) is 0 Å². The van der Waals surface area contributed by atoms with Gasteiger partial charge in [0.05, 0.1) is 0 Å². The number of allylic oxidation sites excluding steroid dienone is 4. The normalized spacial score (nSPS) is 24.6. The molecular weight excluding hydrogens is 160 g/mol. The van der Waals surface area contributed by atoms with Crippen molar-refractivity contribution in [3.8, 4) is 0 Å². The fourth-order valence-corrected chi connectivity index (χ4v) is 2.33. The van der Waals surface area contributed by atoms with Crippen LogP contribution < -0.4 is 0 Å². The minimum absolute atomic E-state index is 0.356. The lowest BCUT2D eigenvalue weighted by Crippen LogP contribution is -2.16. The molecule has 70 valence electrons. The van der Waals surface area contributed by atoms with Crippen molar-refractivity contribution in [1.29, 1.82) is 0 Å². The van der Waals surface area contributed by atoms with Crippen molar-refractivity contribution in [3.05, 3.63) is 23.8 Å². The van der Waals surface area contributed by atoms with Crippen molar-refractivity contribution >= 4 is 5.78 Å². The first kappa shape index (κ1) is 8.74. The summed E-state index contributed by atoms with van der Waals surface area (Å²) in [5, 5.41) is 0. The van der Waals surface area contributed by atoms with Gasteiger partial charge in [0.2, 0.25) is 0 Å². The monoisotopic (exact) mass is 176 g/mol. The maximum atomic E-state index is 11.6. The summed E-state index contributed by atoms with van der Waals surface area (Å²) in [4.78, 5) is 11.6. The first-order chi connectivity index (χ1) is 6.38. The maximum absolute atomic E-state index is 11.6. The smallest absolute Gasteiger partial charge is 0.162 e. The standard InChI is InChI=1S/C12H16O/c13-12-9-5-4-8-11(12)10-6-2-1-3-7-10/h4-5,8,10H,1-3,6-7,9H2.